The van der Waals surface area contributed by atoms with Crippen molar-refractivity contribution < 1.29 is 9.53 Å². The van der Waals surface area contributed by atoms with Crippen molar-refractivity contribution in [1.29, 1.82) is 5.26 Å². The number of nitrogen functional groups attached to an aromatic ring is 1. The zero-order valence-electron chi connectivity index (χ0n) is 18.6. The topological polar surface area (TPSA) is 106 Å². The quantitative estimate of drug-likeness (QED) is 0.761. The van der Waals surface area contributed by atoms with Gasteiger partial charge in [-0.3, -0.25) is 0 Å². The van der Waals surface area contributed by atoms with E-state index in [0.29, 0.717) is 24.5 Å². The van der Waals surface area contributed by atoms with Crippen LogP contribution in [0.5, 0.6) is 0 Å². The normalized spacial score (nSPS) is 19.2. The van der Waals surface area contributed by atoms with Gasteiger partial charge in [-0.25, -0.2) is 9.48 Å². The molecule has 1 aromatic carbocycles. The number of nitriles is 1. The number of fused-ring (bicyclic) bond motifs is 1. The summed E-state index contributed by atoms with van der Waals surface area (Å²) < 4.78 is 7.12. The van der Waals surface area contributed by atoms with Crippen LogP contribution in [0, 0.1) is 16.7 Å². The van der Waals surface area contributed by atoms with E-state index >= 15 is 0 Å². The first-order valence-corrected chi connectivity index (χ1v) is 11.0. The van der Waals surface area contributed by atoms with Crippen LogP contribution in [0.3, 0.4) is 0 Å². The molecule has 7 nitrogen and oxygen atoms in total. The molecule has 0 bridgehead atoms. The molecule has 0 aliphatic heterocycles. The molecule has 164 valence electrons. The van der Waals surface area contributed by atoms with Gasteiger partial charge in [-0.2, -0.15) is 10.4 Å². The number of nitrogens with one attached hydrogen (secondary N) is 1. The number of nitrogens with zero attached hydrogens (tertiary/aromatic N) is 3. The Hall–Kier alpha value is -3.01. The largest absolute Gasteiger partial charge is 0.444 e. The zero-order valence-corrected chi connectivity index (χ0v) is 18.6. The van der Waals surface area contributed by atoms with E-state index in [1.807, 2.05) is 20.8 Å². The smallest absolute Gasteiger partial charge is 0.407 e. The second-order valence-corrected chi connectivity index (χ2v) is 9.98. The van der Waals surface area contributed by atoms with Crippen LogP contribution in [-0.2, 0) is 24.1 Å². The molecule has 2 aliphatic carbocycles. The van der Waals surface area contributed by atoms with Crippen molar-refractivity contribution in [2.45, 2.75) is 70.9 Å². The highest BCUT2D eigenvalue weighted by Gasteiger charge is 2.44. The SMILES string of the molecule is CC(C)(C)OC(=O)NCC1(Cn2nc(C3CCc4ccccc4C3)c(C#N)c2N)CC1. The van der Waals surface area contributed by atoms with Crippen LogP contribution >= 0.6 is 0 Å². The first kappa shape index (κ1) is 21.2. The second-order valence-electron chi connectivity index (χ2n) is 9.98. The summed E-state index contributed by atoms with van der Waals surface area (Å²) in [6.45, 7) is 6.64. The fourth-order valence-corrected chi connectivity index (χ4v) is 4.41. The lowest BCUT2D eigenvalue weighted by Crippen LogP contribution is -2.37. The molecule has 2 aliphatic rings. The molecule has 1 saturated carbocycles. The molecule has 7 heteroatoms. The molecule has 1 atom stereocenters. The Bertz CT molecular complexity index is 1020. The first-order chi connectivity index (χ1) is 14.7. The molecule has 3 N–H and O–H groups in total. The van der Waals surface area contributed by atoms with E-state index in [9.17, 15) is 10.1 Å². The van der Waals surface area contributed by atoms with Crippen molar-refractivity contribution in [1.82, 2.24) is 15.1 Å². The van der Waals surface area contributed by atoms with Crippen LogP contribution < -0.4 is 11.1 Å². The summed E-state index contributed by atoms with van der Waals surface area (Å²) in [6.07, 6.45) is 4.39. The van der Waals surface area contributed by atoms with Crippen molar-refractivity contribution in [3.63, 3.8) is 0 Å². The maximum absolute atomic E-state index is 12.0. The molecule has 1 heterocycles. The number of amides is 1. The molecule has 4 rings (SSSR count). The van der Waals surface area contributed by atoms with Gasteiger partial charge in [0.1, 0.15) is 23.1 Å². The van der Waals surface area contributed by atoms with Crippen LogP contribution in [0.25, 0.3) is 0 Å². The maximum Gasteiger partial charge on any atom is 0.407 e. The van der Waals surface area contributed by atoms with E-state index < -0.39 is 11.7 Å². The van der Waals surface area contributed by atoms with Gasteiger partial charge in [0.2, 0.25) is 0 Å². The molecule has 1 amide bonds. The summed E-state index contributed by atoms with van der Waals surface area (Å²) in [4.78, 5) is 12.0. The van der Waals surface area contributed by atoms with Gasteiger partial charge in [0.15, 0.2) is 0 Å². The van der Waals surface area contributed by atoms with Crippen molar-refractivity contribution >= 4 is 11.9 Å². The molecular formula is C24H31N5O2. The second kappa shape index (κ2) is 7.92. The number of hydrogen-bond acceptors (Lipinski definition) is 5. The number of aromatic nitrogens is 2. The highest BCUT2D eigenvalue weighted by atomic mass is 16.6. The fraction of sp³-hybridized carbons (Fsp3) is 0.542. The van der Waals surface area contributed by atoms with Crippen molar-refractivity contribution in [3.8, 4) is 6.07 Å². The summed E-state index contributed by atoms with van der Waals surface area (Å²) in [5, 5.41) is 17.5. The average molecular weight is 422 g/mol. The van der Waals surface area contributed by atoms with Crippen LogP contribution in [0.1, 0.15) is 68.3 Å². The van der Waals surface area contributed by atoms with Crippen LogP contribution in [0.4, 0.5) is 10.6 Å². The van der Waals surface area contributed by atoms with Gasteiger partial charge in [-0.15, -0.1) is 0 Å². The molecule has 1 aromatic heterocycles. The Balaban J connectivity index is 1.47. The Kier molecular flexibility index (Phi) is 5.42. The van der Waals surface area contributed by atoms with E-state index in [4.69, 9.17) is 15.6 Å². The average Bonchev–Trinajstić information content (AvgIpc) is 3.42. The van der Waals surface area contributed by atoms with E-state index in [0.717, 1.165) is 37.8 Å². The molecule has 31 heavy (non-hydrogen) atoms. The van der Waals surface area contributed by atoms with Crippen LogP contribution in [0.15, 0.2) is 24.3 Å². The zero-order chi connectivity index (χ0) is 22.2. The third kappa shape index (κ3) is 4.68. The highest BCUT2D eigenvalue weighted by molar-refractivity contribution is 5.67. The van der Waals surface area contributed by atoms with E-state index in [2.05, 4.69) is 35.7 Å². The molecule has 0 radical (unpaired) electrons. The summed E-state index contributed by atoms with van der Waals surface area (Å²) in [7, 11) is 0. The number of ether oxygens (including phenoxy) is 1. The Morgan fingerprint density at radius 3 is 2.71 bits per heavy atom. The van der Waals surface area contributed by atoms with Crippen LogP contribution in [-0.4, -0.2) is 28.0 Å². The molecule has 1 unspecified atom stereocenters. The maximum atomic E-state index is 12.0. The molecule has 2 aromatic rings. The predicted molar refractivity (Wildman–Crippen MR) is 118 cm³/mol. The van der Waals surface area contributed by atoms with Gasteiger partial charge in [0.25, 0.3) is 0 Å². The van der Waals surface area contributed by atoms with E-state index in [-0.39, 0.29) is 11.3 Å². The van der Waals surface area contributed by atoms with Gasteiger partial charge in [0, 0.05) is 17.9 Å². The minimum absolute atomic E-state index is 0.0831. The number of alkyl carbamates (subject to hydrolysis) is 1. The lowest BCUT2D eigenvalue weighted by molar-refractivity contribution is 0.0513. The minimum Gasteiger partial charge on any atom is -0.444 e. The number of rotatable bonds is 5. The summed E-state index contributed by atoms with van der Waals surface area (Å²) in [5.41, 5.74) is 9.77. The van der Waals surface area contributed by atoms with Crippen molar-refractivity contribution in [2.75, 3.05) is 12.3 Å². The Morgan fingerprint density at radius 1 is 1.35 bits per heavy atom. The number of anilines is 1. The van der Waals surface area contributed by atoms with Gasteiger partial charge < -0.3 is 15.8 Å². The molecule has 1 fully saturated rings. The van der Waals surface area contributed by atoms with E-state index in [1.54, 1.807) is 4.68 Å². The number of carbonyl (C=O) groups is 1. The lowest BCUT2D eigenvalue weighted by Gasteiger charge is -2.23. The van der Waals surface area contributed by atoms with Gasteiger partial charge in [0.05, 0.1) is 12.2 Å². The Morgan fingerprint density at radius 2 is 2.06 bits per heavy atom. The third-order valence-electron chi connectivity index (χ3n) is 6.31. The Labute approximate surface area is 183 Å². The van der Waals surface area contributed by atoms with Gasteiger partial charge in [-0.1, -0.05) is 24.3 Å². The van der Waals surface area contributed by atoms with Gasteiger partial charge >= 0.3 is 6.09 Å². The summed E-state index contributed by atoms with van der Waals surface area (Å²) in [6, 6.07) is 10.8. The van der Waals surface area contributed by atoms with Crippen molar-refractivity contribution in [3.05, 3.63) is 46.6 Å². The first-order valence-electron chi connectivity index (χ1n) is 11.0. The molecule has 0 saturated heterocycles. The number of aryl methyl sites for hydroxylation is 1. The number of carbonyl (C=O) groups excluding carboxylic acids is 1. The summed E-state index contributed by atoms with van der Waals surface area (Å²) in [5.74, 6) is 0.628. The molecule has 0 spiro atoms. The van der Waals surface area contributed by atoms with E-state index in [1.165, 1.54) is 11.1 Å². The van der Waals surface area contributed by atoms with Crippen LogP contribution in [0.2, 0.25) is 0 Å². The number of benzene rings is 1. The third-order valence-corrected chi connectivity index (χ3v) is 6.31. The fourth-order valence-electron chi connectivity index (χ4n) is 4.41. The summed E-state index contributed by atoms with van der Waals surface area (Å²) >= 11 is 0. The molecular weight excluding hydrogens is 390 g/mol. The van der Waals surface area contributed by atoms with Gasteiger partial charge in [-0.05, 0) is 64.0 Å². The standard InChI is InChI=1S/C24H31N5O2/c1-23(2,3)31-22(30)27-14-24(10-11-24)15-29-21(26)19(13-25)20(28-29)18-9-8-16-6-4-5-7-17(16)12-18/h4-7,18H,8-12,14-15,26H2,1-3H3,(H,27,30). The number of nitrogens with two attached hydrogens (primary N) is 1. The highest BCUT2D eigenvalue weighted by Crippen LogP contribution is 2.47. The predicted octanol–water partition coefficient (Wildman–Crippen LogP) is 3.91. The lowest BCUT2D eigenvalue weighted by atomic mass is 9.81. The minimum atomic E-state index is -0.525. The monoisotopic (exact) mass is 421 g/mol. The number of hydrogen-bond donors (Lipinski definition) is 2. The van der Waals surface area contributed by atoms with Crippen molar-refractivity contribution in [2.24, 2.45) is 5.41 Å².